The van der Waals surface area contributed by atoms with E-state index in [1.54, 1.807) is 22.3 Å². The molecule has 213 valence electrons. The van der Waals surface area contributed by atoms with E-state index >= 15 is 0 Å². The first kappa shape index (κ1) is 29.5. The van der Waals surface area contributed by atoms with Gasteiger partial charge < -0.3 is 0 Å². The molecule has 0 spiro atoms. The number of rotatable bonds is 7. The fourth-order valence-corrected chi connectivity index (χ4v) is 30.6. The molecular formula is C40H45SiZr. The van der Waals surface area contributed by atoms with Gasteiger partial charge in [0.05, 0.1) is 0 Å². The van der Waals surface area contributed by atoms with Crippen molar-refractivity contribution < 1.29 is 20.9 Å². The van der Waals surface area contributed by atoms with Gasteiger partial charge in [0.15, 0.2) is 0 Å². The van der Waals surface area contributed by atoms with Crippen LogP contribution in [0.5, 0.6) is 0 Å². The molecule has 42 heavy (non-hydrogen) atoms. The summed E-state index contributed by atoms with van der Waals surface area (Å²) in [6, 6.07) is 32.4. The first-order valence-electron chi connectivity index (χ1n) is 15.8. The molecule has 0 fully saturated rings. The number of hydrogen-bond acceptors (Lipinski definition) is 0. The van der Waals surface area contributed by atoms with Crippen LogP contribution in [0, 0.1) is 0 Å². The van der Waals surface area contributed by atoms with E-state index in [4.69, 9.17) is 0 Å². The molecule has 0 nitrogen and oxygen atoms in total. The van der Waals surface area contributed by atoms with Gasteiger partial charge in [-0.3, -0.25) is 0 Å². The molecule has 2 aliphatic carbocycles. The van der Waals surface area contributed by atoms with Crippen molar-refractivity contribution in [3.63, 3.8) is 0 Å². The Bertz CT molecular complexity index is 1550. The summed E-state index contributed by atoms with van der Waals surface area (Å²) in [5.41, 5.74) is 18.1. The molecule has 2 unspecified atom stereocenters. The van der Waals surface area contributed by atoms with E-state index < -0.39 is 26.8 Å². The first-order valence-corrected chi connectivity index (χ1v) is 25.8. The third-order valence-corrected chi connectivity index (χ3v) is 31.7. The molecule has 0 aliphatic heterocycles. The van der Waals surface area contributed by atoms with Gasteiger partial charge in [0.1, 0.15) is 0 Å². The van der Waals surface area contributed by atoms with Crippen LogP contribution in [0.25, 0.3) is 34.4 Å². The molecule has 0 amide bonds. The second-order valence-corrected chi connectivity index (χ2v) is 33.5. The van der Waals surface area contributed by atoms with E-state index in [-0.39, 0.29) is 0 Å². The van der Waals surface area contributed by atoms with Gasteiger partial charge in [-0.15, -0.1) is 0 Å². The quantitative estimate of drug-likeness (QED) is 0.176. The van der Waals surface area contributed by atoms with Crippen molar-refractivity contribution in [2.45, 2.75) is 73.7 Å². The average molecular weight is 645 g/mol. The molecule has 0 saturated heterocycles. The van der Waals surface area contributed by atoms with E-state index in [0.29, 0.717) is 19.1 Å². The van der Waals surface area contributed by atoms with Gasteiger partial charge in [0.25, 0.3) is 0 Å². The summed E-state index contributed by atoms with van der Waals surface area (Å²) in [5.74, 6) is 0.0942. The fraction of sp³-hybridized carbons (Fsp3) is 0.300. The van der Waals surface area contributed by atoms with Crippen LogP contribution in [0.2, 0.25) is 13.1 Å². The Labute approximate surface area is 262 Å². The predicted molar refractivity (Wildman–Crippen MR) is 184 cm³/mol. The van der Waals surface area contributed by atoms with Gasteiger partial charge in [-0.1, -0.05) is 0 Å². The molecule has 2 atom stereocenters. The molecule has 0 heterocycles. The van der Waals surface area contributed by atoms with Crippen LogP contribution >= 0.6 is 0 Å². The Morgan fingerprint density at radius 3 is 1.29 bits per heavy atom. The van der Waals surface area contributed by atoms with Crippen molar-refractivity contribution in [1.82, 2.24) is 0 Å². The van der Waals surface area contributed by atoms with E-state index in [2.05, 4.69) is 152 Å². The summed E-state index contributed by atoms with van der Waals surface area (Å²) in [6.45, 7) is 19.7. The Balaban J connectivity index is 1.54. The standard InChI is InChI=1S/2C19H19.C2H7Si.Zr/c2*1-13(2)16-11-17-9-14(3)10-18(17)19(12-16)15-7-5-4-6-8-15;1-3-2;/h2*4-13H,1-3H3;3H,1-2H3;. The van der Waals surface area contributed by atoms with Gasteiger partial charge in [0, 0.05) is 0 Å². The summed E-state index contributed by atoms with van der Waals surface area (Å²) in [6.07, 6.45) is 5.16. The van der Waals surface area contributed by atoms with E-state index in [9.17, 15) is 0 Å². The Morgan fingerprint density at radius 1 is 0.571 bits per heavy atom. The average Bonchev–Trinajstić information content (AvgIpc) is 3.48. The van der Waals surface area contributed by atoms with E-state index in [1.807, 2.05) is 0 Å². The number of benzene rings is 4. The third kappa shape index (κ3) is 5.24. The Morgan fingerprint density at radius 2 is 0.952 bits per heavy atom. The molecule has 4 aromatic carbocycles. The molecular weight excluding hydrogens is 600 g/mol. The van der Waals surface area contributed by atoms with Gasteiger partial charge in [-0.25, -0.2) is 0 Å². The molecule has 0 radical (unpaired) electrons. The van der Waals surface area contributed by atoms with Gasteiger partial charge in [0.2, 0.25) is 0 Å². The van der Waals surface area contributed by atoms with Crippen LogP contribution in [-0.4, -0.2) is 5.92 Å². The van der Waals surface area contributed by atoms with Crippen molar-refractivity contribution in [3.05, 3.63) is 129 Å². The van der Waals surface area contributed by atoms with Gasteiger partial charge in [-0.2, -0.15) is 0 Å². The van der Waals surface area contributed by atoms with Crippen molar-refractivity contribution >= 4 is 18.1 Å². The monoisotopic (exact) mass is 643 g/mol. The minimum absolute atomic E-state index is 0.513. The van der Waals surface area contributed by atoms with Crippen LogP contribution in [-0.2, 0) is 20.9 Å². The molecule has 2 aliphatic rings. The second kappa shape index (κ2) is 11.9. The first-order chi connectivity index (χ1) is 20.2. The molecule has 0 saturated carbocycles. The van der Waals surface area contributed by atoms with Crippen LogP contribution in [0.4, 0.5) is 0 Å². The zero-order chi connectivity index (χ0) is 29.7. The Hall–Kier alpha value is -2.54. The summed E-state index contributed by atoms with van der Waals surface area (Å²) in [4.78, 5) is 0. The van der Waals surface area contributed by atoms with Crippen molar-refractivity contribution in [1.29, 1.82) is 0 Å². The van der Waals surface area contributed by atoms with Crippen molar-refractivity contribution in [2.75, 3.05) is 0 Å². The normalized spacial score (nSPS) is 17.5. The summed E-state index contributed by atoms with van der Waals surface area (Å²) < 4.78 is 1.30. The SMILES string of the molecule is CC1=Cc2c(-c3ccccc3)cc(C(C)C)cc2[CH]1[Zr]([CH]1C(C)=Cc2c(-c3ccccc3)cc(C(C)C)cc21)[SiH](C)C. The fourth-order valence-electron chi connectivity index (χ4n) is 7.41. The van der Waals surface area contributed by atoms with E-state index in [0.717, 1.165) is 0 Å². The second-order valence-electron chi connectivity index (χ2n) is 13.5. The zero-order valence-corrected chi connectivity index (χ0v) is 30.2. The summed E-state index contributed by atoms with van der Waals surface area (Å²) in [5, 5.41) is 0. The Kier molecular flexibility index (Phi) is 8.34. The molecule has 0 bridgehead atoms. The predicted octanol–water partition coefficient (Wildman–Crippen LogP) is 11.5. The van der Waals surface area contributed by atoms with Crippen LogP contribution in [0.1, 0.15) is 94.0 Å². The number of allylic oxidation sites excluding steroid dienone is 2. The van der Waals surface area contributed by atoms with Gasteiger partial charge in [-0.05, 0) is 0 Å². The minimum atomic E-state index is -2.14. The zero-order valence-electron chi connectivity index (χ0n) is 26.6. The maximum absolute atomic E-state index is 2.68. The van der Waals surface area contributed by atoms with Crippen LogP contribution in [0.15, 0.2) is 96.1 Å². The van der Waals surface area contributed by atoms with Crippen LogP contribution < -0.4 is 0 Å². The molecule has 0 aromatic heterocycles. The third-order valence-electron chi connectivity index (χ3n) is 9.58. The molecule has 0 N–H and O–H groups in total. The van der Waals surface area contributed by atoms with Gasteiger partial charge >= 0.3 is 264 Å². The number of fused-ring (bicyclic) bond motifs is 2. The topological polar surface area (TPSA) is 0 Å². The van der Waals surface area contributed by atoms with Crippen molar-refractivity contribution in [2.24, 2.45) is 0 Å². The van der Waals surface area contributed by atoms with Crippen LogP contribution in [0.3, 0.4) is 0 Å². The maximum atomic E-state index is 2.68. The number of hydrogen-bond donors (Lipinski definition) is 0. The van der Waals surface area contributed by atoms with E-state index in [1.165, 1.54) is 44.5 Å². The molecule has 6 rings (SSSR count). The summed E-state index contributed by atoms with van der Waals surface area (Å²) in [7, 11) is 0. The molecule has 4 aromatic rings. The molecule has 2 heteroatoms. The van der Waals surface area contributed by atoms with Crippen molar-refractivity contribution in [3.8, 4) is 22.3 Å². The summed E-state index contributed by atoms with van der Waals surface area (Å²) >= 11 is -2.14.